The van der Waals surface area contributed by atoms with Crippen LogP contribution in [0.2, 0.25) is 0 Å². The highest BCUT2D eigenvalue weighted by Crippen LogP contribution is 2.22. The number of benzene rings is 1. The van der Waals surface area contributed by atoms with E-state index in [1.165, 1.54) is 0 Å². The van der Waals surface area contributed by atoms with E-state index in [2.05, 4.69) is 0 Å². The molecule has 1 aromatic carbocycles. The molecule has 1 aromatic rings. The van der Waals surface area contributed by atoms with Crippen molar-refractivity contribution in [3.8, 4) is 0 Å². The standard InChI is InChI=1S/C12H16N2OS.ClH/c1-16-11-5-3-2-4-10(11)12(15)14-7-6-9(13)8-14;/h2-5,9H,6-8,13H2,1H3;1H. The van der Waals surface area contributed by atoms with Gasteiger partial charge in [-0.1, -0.05) is 12.1 Å². The molecule has 1 aliphatic rings. The molecule has 1 unspecified atom stereocenters. The molecule has 1 saturated heterocycles. The van der Waals surface area contributed by atoms with Crippen LogP contribution in [0.3, 0.4) is 0 Å². The van der Waals surface area contributed by atoms with E-state index in [-0.39, 0.29) is 24.4 Å². The van der Waals surface area contributed by atoms with E-state index in [9.17, 15) is 4.79 Å². The predicted molar refractivity (Wildman–Crippen MR) is 74.0 cm³/mol. The summed E-state index contributed by atoms with van der Waals surface area (Å²) in [4.78, 5) is 15.1. The largest absolute Gasteiger partial charge is 0.337 e. The van der Waals surface area contributed by atoms with Crippen LogP contribution in [0.25, 0.3) is 0 Å². The lowest BCUT2D eigenvalue weighted by Gasteiger charge is -2.17. The van der Waals surface area contributed by atoms with Gasteiger partial charge >= 0.3 is 0 Å². The highest BCUT2D eigenvalue weighted by atomic mass is 35.5. The van der Waals surface area contributed by atoms with Crippen molar-refractivity contribution in [1.82, 2.24) is 4.90 Å². The molecule has 1 fully saturated rings. The zero-order valence-electron chi connectivity index (χ0n) is 9.76. The third-order valence-corrected chi connectivity index (χ3v) is 3.65. The summed E-state index contributed by atoms with van der Waals surface area (Å²) in [7, 11) is 0. The van der Waals surface area contributed by atoms with E-state index in [1.54, 1.807) is 11.8 Å². The number of thioether (sulfide) groups is 1. The first kappa shape index (κ1) is 14.4. The van der Waals surface area contributed by atoms with Crippen molar-refractivity contribution in [2.24, 2.45) is 5.73 Å². The van der Waals surface area contributed by atoms with Crippen LogP contribution in [0, 0.1) is 0 Å². The summed E-state index contributed by atoms with van der Waals surface area (Å²) in [6.07, 6.45) is 2.90. The lowest BCUT2D eigenvalue weighted by Crippen LogP contribution is -2.32. The first-order chi connectivity index (χ1) is 7.72. The number of halogens is 1. The number of nitrogens with zero attached hydrogens (tertiary/aromatic N) is 1. The summed E-state index contributed by atoms with van der Waals surface area (Å²) in [5.41, 5.74) is 6.61. The van der Waals surface area contributed by atoms with Crippen LogP contribution < -0.4 is 5.73 Å². The number of rotatable bonds is 2. The van der Waals surface area contributed by atoms with Gasteiger partial charge in [-0.05, 0) is 24.8 Å². The molecule has 2 rings (SSSR count). The normalized spacial score (nSPS) is 18.9. The Morgan fingerprint density at radius 2 is 2.18 bits per heavy atom. The Balaban J connectivity index is 0.00000144. The number of hydrogen-bond acceptors (Lipinski definition) is 3. The quantitative estimate of drug-likeness (QED) is 0.838. The van der Waals surface area contributed by atoms with Gasteiger partial charge in [0, 0.05) is 24.0 Å². The fourth-order valence-corrected chi connectivity index (χ4v) is 2.55. The minimum atomic E-state index is 0. The van der Waals surface area contributed by atoms with Gasteiger partial charge in [0.15, 0.2) is 0 Å². The molecule has 0 saturated carbocycles. The third kappa shape index (κ3) is 3.15. The molecule has 94 valence electrons. The van der Waals surface area contributed by atoms with Crippen molar-refractivity contribution in [2.75, 3.05) is 19.3 Å². The van der Waals surface area contributed by atoms with E-state index in [0.717, 1.165) is 23.4 Å². The maximum atomic E-state index is 12.2. The van der Waals surface area contributed by atoms with E-state index < -0.39 is 0 Å². The molecule has 17 heavy (non-hydrogen) atoms. The van der Waals surface area contributed by atoms with Crippen LogP contribution in [-0.4, -0.2) is 36.2 Å². The van der Waals surface area contributed by atoms with Crippen molar-refractivity contribution in [3.05, 3.63) is 29.8 Å². The summed E-state index contributed by atoms with van der Waals surface area (Å²) in [5, 5.41) is 0. The molecular formula is C12H17ClN2OS. The second-order valence-electron chi connectivity index (χ2n) is 4.00. The van der Waals surface area contributed by atoms with Crippen molar-refractivity contribution in [1.29, 1.82) is 0 Å². The molecule has 0 radical (unpaired) electrons. The molecular weight excluding hydrogens is 256 g/mol. The average Bonchev–Trinajstić information content (AvgIpc) is 2.75. The minimum absolute atomic E-state index is 0. The lowest BCUT2D eigenvalue weighted by atomic mass is 10.2. The minimum Gasteiger partial charge on any atom is -0.337 e. The molecule has 0 aliphatic carbocycles. The molecule has 1 heterocycles. The predicted octanol–water partition coefficient (Wildman–Crippen LogP) is 2.00. The Morgan fingerprint density at radius 3 is 2.76 bits per heavy atom. The van der Waals surface area contributed by atoms with Crippen molar-refractivity contribution in [3.63, 3.8) is 0 Å². The molecule has 0 spiro atoms. The number of carbonyl (C=O) groups is 1. The van der Waals surface area contributed by atoms with E-state index in [0.29, 0.717) is 6.54 Å². The van der Waals surface area contributed by atoms with Gasteiger partial charge in [0.05, 0.1) is 5.56 Å². The molecule has 0 bridgehead atoms. The van der Waals surface area contributed by atoms with Gasteiger partial charge in [0.25, 0.3) is 5.91 Å². The van der Waals surface area contributed by atoms with Gasteiger partial charge in [-0.2, -0.15) is 0 Å². The maximum absolute atomic E-state index is 12.2. The van der Waals surface area contributed by atoms with E-state index in [4.69, 9.17) is 5.73 Å². The number of amides is 1. The zero-order chi connectivity index (χ0) is 11.5. The Morgan fingerprint density at radius 1 is 1.47 bits per heavy atom. The SMILES string of the molecule is CSc1ccccc1C(=O)N1CCC(N)C1.Cl. The summed E-state index contributed by atoms with van der Waals surface area (Å²) < 4.78 is 0. The van der Waals surface area contributed by atoms with Gasteiger partial charge in [0.1, 0.15) is 0 Å². The van der Waals surface area contributed by atoms with Gasteiger partial charge < -0.3 is 10.6 Å². The second-order valence-corrected chi connectivity index (χ2v) is 4.85. The van der Waals surface area contributed by atoms with Gasteiger partial charge in [0.2, 0.25) is 0 Å². The van der Waals surface area contributed by atoms with Crippen LogP contribution in [-0.2, 0) is 0 Å². The number of likely N-dealkylation sites (tertiary alicyclic amines) is 1. The Hall–Kier alpha value is -0.710. The molecule has 1 atom stereocenters. The highest BCUT2D eigenvalue weighted by Gasteiger charge is 2.25. The summed E-state index contributed by atoms with van der Waals surface area (Å²) >= 11 is 1.60. The highest BCUT2D eigenvalue weighted by molar-refractivity contribution is 7.98. The van der Waals surface area contributed by atoms with Gasteiger partial charge in [-0.3, -0.25) is 4.79 Å². The molecule has 0 aromatic heterocycles. The monoisotopic (exact) mass is 272 g/mol. The van der Waals surface area contributed by atoms with Crippen LogP contribution in [0.5, 0.6) is 0 Å². The van der Waals surface area contributed by atoms with Crippen LogP contribution in [0.1, 0.15) is 16.8 Å². The molecule has 1 aliphatic heterocycles. The van der Waals surface area contributed by atoms with Crippen LogP contribution >= 0.6 is 24.2 Å². The Bertz CT molecular complexity index is 400. The molecule has 1 amide bonds. The molecule has 3 nitrogen and oxygen atoms in total. The molecule has 5 heteroatoms. The smallest absolute Gasteiger partial charge is 0.255 e. The summed E-state index contributed by atoms with van der Waals surface area (Å²) in [6, 6.07) is 7.87. The van der Waals surface area contributed by atoms with Gasteiger partial charge in [-0.15, -0.1) is 24.2 Å². The van der Waals surface area contributed by atoms with Crippen molar-refractivity contribution in [2.45, 2.75) is 17.4 Å². The van der Waals surface area contributed by atoms with Crippen LogP contribution in [0.4, 0.5) is 0 Å². The number of hydrogen-bond donors (Lipinski definition) is 1. The van der Waals surface area contributed by atoms with Crippen molar-refractivity contribution >= 4 is 30.1 Å². The third-order valence-electron chi connectivity index (χ3n) is 2.85. The first-order valence-corrected chi connectivity index (χ1v) is 6.62. The Labute approximate surface area is 112 Å². The average molecular weight is 273 g/mol. The fourth-order valence-electron chi connectivity index (χ4n) is 1.96. The number of nitrogens with two attached hydrogens (primary N) is 1. The topological polar surface area (TPSA) is 46.3 Å². The first-order valence-electron chi connectivity index (χ1n) is 5.40. The van der Waals surface area contributed by atoms with E-state index in [1.807, 2.05) is 35.4 Å². The second kappa shape index (κ2) is 6.28. The number of carbonyl (C=O) groups excluding carboxylic acids is 1. The Kier molecular flexibility index (Phi) is 5.31. The van der Waals surface area contributed by atoms with E-state index >= 15 is 0 Å². The van der Waals surface area contributed by atoms with Gasteiger partial charge in [-0.25, -0.2) is 0 Å². The van der Waals surface area contributed by atoms with Crippen LogP contribution in [0.15, 0.2) is 29.2 Å². The summed E-state index contributed by atoms with van der Waals surface area (Å²) in [6.45, 7) is 1.46. The summed E-state index contributed by atoms with van der Waals surface area (Å²) in [5.74, 6) is 0.109. The zero-order valence-corrected chi connectivity index (χ0v) is 11.4. The van der Waals surface area contributed by atoms with Crippen molar-refractivity contribution < 1.29 is 4.79 Å². The lowest BCUT2D eigenvalue weighted by molar-refractivity contribution is 0.0787. The maximum Gasteiger partial charge on any atom is 0.255 e. The fraction of sp³-hybridized carbons (Fsp3) is 0.417. The molecule has 2 N–H and O–H groups in total.